The van der Waals surface area contributed by atoms with E-state index >= 15 is 0 Å². The molecule has 0 spiro atoms. The molecule has 2 heterocycles. The molecule has 1 aliphatic heterocycles. The maximum Gasteiger partial charge on any atom is 0.129 e. The molecule has 2 rings (SSSR count). The summed E-state index contributed by atoms with van der Waals surface area (Å²) in [6, 6.07) is 1.91. The summed E-state index contributed by atoms with van der Waals surface area (Å²) < 4.78 is 0. The highest BCUT2D eigenvalue weighted by Crippen LogP contribution is 2.16. The Kier molecular flexibility index (Phi) is 4.87. The van der Waals surface area contributed by atoms with Crippen LogP contribution < -0.4 is 5.32 Å². The molecule has 0 fully saturated rings. The number of pyridine rings is 1. The van der Waals surface area contributed by atoms with Gasteiger partial charge >= 0.3 is 0 Å². The molecule has 1 N–H and O–H groups in total. The fraction of sp³-hybridized carbons (Fsp3) is 0.286. The Morgan fingerprint density at radius 2 is 1.92 bits per heavy atom. The summed E-state index contributed by atoms with van der Waals surface area (Å²) in [5.74, 6) is 0. The number of fused-ring (bicyclic) bond motifs is 1. The van der Waals surface area contributed by atoms with Crippen LogP contribution in [0.5, 0.6) is 0 Å². The molecule has 0 radical (unpaired) electrons. The highest BCUT2D eigenvalue weighted by atomic mass is 35.5. The van der Waals surface area contributed by atoms with Crippen molar-refractivity contribution < 1.29 is 0 Å². The van der Waals surface area contributed by atoms with Gasteiger partial charge in [-0.1, -0.05) is 11.6 Å². The van der Waals surface area contributed by atoms with Gasteiger partial charge in [0.1, 0.15) is 5.15 Å². The lowest BCUT2D eigenvalue weighted by atomic mass is 10.2. The largest absolute Gasteiger partial charge is 0.309 e. The first-order valence-electron chi connectivity index (χ1n) is 3.20. The smallest absolute Gasteiger partial charge is 0.129 e. The van der Waals surface area contributed by atoms with Gasteiger partial charge in [0, 0.05) is 19.3 Å². The van der Waals surface area contributed by atoms with Crippen LogP contribution in [0.25, 0.3) is 0 Å². The van der Waals surface area contributed by atoms with Crippen LogP contribution >= 0.6 is 36.4 Å². The van der Waals surface area contributed by atoms with Crippen LogP contribution in [0, 0.1) is 0 Å². The lowest BCUT2D eigenvalue weighted by Gasteiger charge is -1.94. The predicted molar refractivity (Wildman–Crippen MR) is 54.3 cm³/mol. The fourth-order valence-electron chi connectivity index (χ4n) is 1.15. The number of hydrogen-bond acceptors (Lipinski definition) is 2. The van der Waals surface area contributed by atoms with Gasteiger partial charge in [-0.3, -0.25) is 0 Å². The van der Waals surface area contributed by atoms with Crippen LogP contribution in [-0.4, -0.2) is 4.98 Å². The average molecular weight is 228 g/mol. The average Bonchev–Trinajstić information content (AvgIpc) is 2.33. The maximum atomic E-state index is 5.68. The van der Waals surface area contributed by atoms with Crippen LogP contribution in [0.2, 0.25) is 5.15 Å². The lowest BCUT2D eigenvalue weighted by molar-refractivity contribution is 0.764. The van der Waals surface area contributed by atoms with E-state index in [1.807, 2.05) is 12.3 Å². The van der Waals surface area contributed by atoms with Crippen molar-refractivity contribution in [3.63, 3.8) is 0 Å². The van der Waals surface area contributed by atoms with E-state index in [-0.39, 0.29) is 24.8 Å². The molecule has 2 nitrogen and oxygen atoms in total. The third-order valence-electron chi connectivity index (χ3n) is 1.68. The summed E-state index contributed by atoms with van der Waals surface area (Å²) in [6.07, 6.45) is 1.83. The Morgan fingerprint density at radius 3 is 2.67 bits per heavy atom. The quantitative estimate of drug-likeness (QED) is 0.687. The highest BCUT2D eigenvalue weighted by molar-refractivity contribution is 6.29. The molecule has 1 aliphatic rings. The lowest BCUT2D eigenvalue weighted by Crippen LogP contribution is -1.99. The molecule has 0 aliphatic carbocycles. The number of hydrogen-bond donors (Lipinski definition) is 1. The van der Waals surface area contributed by atoms with Gasteiger partial charge in [0.2, 0.25) is 0 Å². The van der Waals surface area contributed by atoms with Crippen molar-refractivity contribution in [2.45, 2.75) is 13.1 Å². The van der Waals surface area contributed by atoms with Gasteiger partial charge in [-0.25, -0.2) is 4.98 Å². The van der Waals surface area contributed by atoms with Gasteiger partial charge in [0.25, 0.3) is 0 Å². The highest BCUT2D eigenvalue weighted by Gasteiger charge is 2.09. The molecule has 0 saturated heterocycles. The Morgan fingerprint density at radius 1 is 1.25 bits per heavy atom. The van der Waals surface area contributed by atoms with E-state index in [0.29, 0.717) is 5.15 Å². The van der Waals surface area contributed by atoms with Crippen molar-refractivity contribution in [2.75, 3.05) is 0 Å². The first kappa shape index (κ1) is 12.0. The van der Waals surface area contributed by atoms with Gasteiger partial charge in [-0.2, -0.15) is 0 Å². The monoisotopic (exact) mass is 226 g/mol. The van der Waals surface area contributed by atoms with Crippen LogP contribution in [0.1, 0.15) is 11.1 Å². The summed E-state index contributed by atoms with van der Waals surface area (Å²) in [6.45, 7) is 1.86. The van der Waals surface area contributed by atoms with E-state index in [0.717, 1.165) is 13.1 Å². The van der Waals surface area contributed by atoms with Crippen molar-refractivity contribution in [3.05, 3.63) is 28.5 Å². The Labute approximate surface area is 88.5 Å². The van der Waals surface area contributed by atoms with E-state index in [1.165, 1.54) is 11.1 Å². The molecule has 0 saturated carbocycles. The summed E-state index contributed by atoms with van der Waals surface area (Å²) in [5, 5.41) is 3.80. The summed E-state index contributed by atoms with van der Waals surface area (Å²) in [7, 11) is 0. The Balaban J connectivity index is 0.000000605. The molecule has 68 valence electrons. The number of nitrogens with zero attached hydrogens (tertiary/aromatic N) is 1. The molecule has 12 heavy (non-hydrogen) atoms. The van der Waals surface area contributed by atoms with Crippen LogP contribution in [0.3, 0.4) is 0 Å². The molecule has 0 aromatic carbocycles. The molecular weight excluding hydrogens is 218 g/mol. The topological polar surface area (TPSA) is 24.9 Å². The zero-order valence-electron chi connectivity index (χ0n) is 6.21. The van der Waals surface area contributed by atoms with Crippen LogP contribution in [-0.2, 0) is 13.1 Å². The molecule has 5 heteroatoms. The third kappa shape index (κ3) is 2.23. The summed E-state index contributed by atoms with van der Waals surface area (Å²) >= 11 is 5.68. The minimum absolute atomic E-state index is 0. The van der Waals surface area contributed by atoms with Gasteiger partial charge in [0.15, 0.2) is 0 Å². The minimum Gasteiger partial charge on any atom is -0.309 e. The molecular formula is C7H9Cl3N2. The second kappa shape index (κ2) is 4.87. The second-order valence-electron chi connectivity index (χ2n) is 2.38. The second-order valence-corrected chi connectivity index (χ2v) is 2.77. The van der Waals surface area contributed by atoms with Crippen molar-refractivity contribution in [3.8, 4) is 0 Å². The molecule has 0 amide bonds. The van der Waals surface area contributed by atoms with E-state index in [9.17, 15) is 0 Å². The zero-order valence-corrected chi connectivity index (χ0v) is 8.60. The zero-order chi connectivity index (χ0) is 6.97. The van der Waals surface area contributed by atoms with Crippen LogP contribution in [0.4, 0.5) is 0 Å². The number of nitrogens with one attached hydrogen (secondary N) is 1. The number of halogens is 3. The van der Waals surface area contributed by atoms with Crippen molar-refractivity contribution in [2.24, 2.45) is 0 Å². The van der Waals surface area contributed by atoms with Crippen molar-refractivity contribution >= 4 is 36.4 Å². The number of rotatable bonds is 0. The van der Waals surface area contributed by atoms with Gasteiger partial charge in [-0.05, 0) is 17.2 Å². The maximum absolute atomic E-state index is 5.68. The summed E-state index contributed by atoms with van der Waals surface area (Å²) in [4.78, 5) is 3.98. The van der Waals surface area contributed by atoms with Gasteiger partial charge in [0.05, 0.1) is 0 Å². The predicted octanol–water partition coefficient (Wildman–Crippen LogP) is 2.18. The Bertz CT molecular complexity index is 265. The van der Waals surface area contributed by atoms with E-state index in [4.69, 9.17) is 11.6 Å². The standard InChI is InChI=1S/C7H7ClN2.2ClH/c8-7-1-5-2-9-3-6(5)4-10-7;;/h1,4,9H,2-3H2;2*1H. The molecule has 0 unspecified atom stereocenters. The van der Waals surface area contributed by atoms with Gasteiger partial charge < -0.3 is 5.32 Å². The fourth-order valence-corrected chi connectivity index (χ4v) is 1.33. The van der Waals surface area contributed by atoms with Crippen molar-refractivity contribution in [1.29, 1.82) is 0 Å². The molecule has 0 atom stereocenters. The minimum atomic E-state index is 0. The number of aromatic nitrogens is 1. The van der Waals surface area contributed by atoms with Crippen molar-refractivity contribution in [1.82, 2.24) is 10.3 Å². The van der Waals surface area contributed by atoms with E-state index in [1.54, 1.807) is 0 Å². The summed E-state index contributed by atoms with van der Waals surface area (Å²) in [5.41, 5.74) is 2.55. The van der Waals surface area contributed by atoms with E-state index < -0.39 is 0 Å². The SMILES string of the molecule is Cl.Cl.Clc1cc2c(cn1)CNC2. The molecule has 0 bridgehead atoms. The Hall–Kier alpha value is -0.0200. The molecule has 1 aromatic rings. The first-order chi connectivity index (χ1) is 4.86. The normalized spacial score (nSPS) is 12.8. The van der Waals surface area contributed by atoms with Crippen LogP contribution in [0.15, 0.2) is 12.3 Å². The third-order valence-corrected chi connectivity index (χ3v) is 1.89. The van der Waals surface area contributed by atoms with Gasteiger partial charge in [-0.15, -0.1) is 24.8 Å². The molecule has 1 aromatic heterocycles. The first-order valence-corrected chi connectivity index (χ1v) is 3.58. The van der Waals surface area contributed by atoms with E-state index in [2.05, 4.69) is 10.3 Å².